The number of thiazole rings is 1. The lowest BCUT2D eigenvalue weighted by Crippen LogP contribution is -2.19. The van der Waals surface area contributed by atoms with E-state index in [1.54, 1.807) is 42.6 Å². The molecule has 6 heteroatoms. The van der Waals surface area contributed by atoms with Gasteiger partial charge in [0, 0.05) is 30.1 Å². The van der Waals surface area contributed by atoms with Gasteiger partial charge in [-0.2, -0.15) is 0 Å². The molecule has 0 saturated carbocycles. The van der Waals surface area contributed by atoms with E-state index < -0.39 is 0 Å². The van der Waals surface area contributed by atoms with Gasteiger partial charge in [0.2, 0.25) is 5.91 Å². The molecule has 0 saturated heterocycles. The van der Waals surface area contributed by atoms with E-state index in [-0.39, 0.29) is 18.2 Å². The predicted octanol–water partition coefficient (Wildman–Crippen LogP) is 3.27. The van der Waals surface area contributed by atoms with Crippen LogP contribution in [0.1, 0.15) is 26.6 Å². The second kappa shape index (κ2) is 8.40. The van der Waals surface area contributed by atoms with Crippen LogP contribution < -0.4 is 10.6 Å². The number of carbonyl (C=O) groups excluding carboxylic acids is 2. The van der Waals surface area contributed by atoms with Crippen LogP contribution in [0, 0.1) is 0 Å². The highest BCUT2D eigenvalue weighted by atomic mass is 32.1. The number of benzene rings is 2. The van der Waals surface area contributed by atoms with Gasteiger partial charge in [-0.1, -0.05) is 36.4 Å². The zero-order chi connectivity index (χ0) is 18.4. The van der Waals surface area contributed by atoms with Crippen LogP contribution in [0.2, 0.25) is 0 Å². The second-order valence-electron chi connectivity index (χ2n) is 5.78. The van der Waals surface area contributed by atoms with E-state index in [4.69, 9.17) is 0 Å². The Hall–Kier alpha value is -2.99. The van der Waals surface area contributed by atoms with E-state index in [1.165, 1.54) is 5.56 Å². The van der Waals surface area contributed by atoms with E-state index in [0.717, 1.165) is 17.1 Å². The van der Waals surface area contributed by atoms with Crippen LogP contribution in [-0.4, -0.2) is 23.8 Å². The third-order valence-electron chi connectivity index (χ3n) is 3.77. The molecule has 3 aromatic rings. The van der Waals surface area contributed by atoms with Crippen LogP contribution in [-0.2, 0) is 17.6 Å². The molecule has 1 heterocycles. The Labute approximate surface area is 156 Å². The monoisotopic (exact) mass is 365 g/mol. The number of anilines is 1. The van der Waals surface area contributed by atoms with E-state index >= 15 is 0 Å². The topological polar surface area (TPSA) is 71.1 Å². The van der Waals surface area contributed by atoms with Gasteiger partial charge in [-0.05, 0) is 23.8 Å². The average molecular weight is 365 g/mol. The van der Waals surface area contributed by atoms with Crippen molar-refractivity contribution >= 4 is 28.8 Å². The van der Waals surface area contributed by atoms with Gasteiger partial charge in [0.05, 0.1) is 17.1 Å². The number of hydrogen-bond acceptors (Lipinski definition) is 4. The lowest BCUT2D eigenvalue weighted by atomic mass is 10.2. The maximum atomic E-state index is 12.3. The minimum absolute atomic E-state index is 0.157. The van der Waals surface area contributed by atoms with Gasteiger partial charge in [0.1, 0.15) is 0 Å². The molecule has 0 aliphatic heterocycles. The van der Waals surface area contributed by atoms with Gasteiger partial charge >= 0.3 is 0 Å². The molecule has 0 atom stereocenters. The van der Waals surface area contributed by atoms with Crippen molar-refractivity contribution in [2.45, 2.75) is 12.8 Å². The summed E-state index contributed by atoms with van der Waals surface area (Å²) in [5, 5.41) is 8.28. The number of nitrogens with zero attached hydrogens (tertiary/aromatic N) is 1. The Kier molecular flexibility index (Phi) is 5.76. The first kappa shape index (κ1) is 17.8. The summed E-state index contributed by atoms with van der Waals surface area (Å²) in [5.74, 6) is -0.346. The van der Waals surface area contributed by atoms with Gasteiger partial charge in [0.15, 0.2) is 0 Å². The average Bonchev–Trinajstić information content (AvgIpc) is 3.08. The molecule has 26 heavy (non-hydrogen) atoms. The maximum Gasteiger partial charge on any atom is 0.251 e. The molecule has 0 aliphatic rings. The molecule has 0 aliphatic carbocycles. The molecule has 0 radical (unpaired) electrons. The van der Waals surface area contributed by atoms with Crippen molar-refractivity contribution in [2.24, 2.45) is 0 Å². The SMILES string of the molecule is CNC(=O)c1cccc(NC(=O)Cc2csc(Cc3ccccc3)n2)c1. The van der Waals surface area contributed by atoms with Crippen LogP contribution in [0.3, 0.4) is 0 Å². The Bertz CT molecular complexity index is 906. The molecule has 2 N–H and O–H groups in total. The van der Waals surface area contributed by atoms with E-state index in [9.17, 15) is 9.59 Å². The third-order valence-corrected chi connectivity index (χ3v) is 4.67. The Balaban J connectivity index is 1.59. The van der Waals surface area contributed by atoms with Crippen molar-refractivity contribution in [3.63, 3.8) is 0 Å². The lowest BCUT2D eigenvalue weighted by Gasteiger charge is -2.06. The molecule has 5 nitrogen and oxygen atoms in total. The number of hydrogen-bond donors (Lipinski definition) is 2. The van der Waals surface area contributed by atoms with Gasteiger partial charge in [-0.15, -0.1) is 11.3 Å². The highest BCUT2D eigenvalue weighted by Crippen LogP contribution is 2.16. The van der Waals surface area contributed by atoms with Crippen LogP contribution in [0.25, 0.3) is 0 Å². The van der Waals surface area contributed by atoms with Crippen molar-refractivity contribution < 1.29 is 9.59 Å². The summed E-state index contributed by atoms with van der Waals surface area (Å²) >= 11 is 1.56. The molecule has 2 aromatic carbocycles. The first-order chi connectivity index (χ1) is 12.6. The zero-order valence-corrected chi connectivity index (χ0v) is 15.2. The summed E-state index contributed by atoms with van der Waals surface area (Å²) in [7, 11) is 1.57. The first-order valence-corrected chi connectivity index (χ1v) is 9.11. The molecule has 3 rings (SSSR count). The highest BCUT2D eigenvalue weighted by Gasteiger charge is 2.10. The standard InChI is InChI=1S/C20H19N3O2S/c1-21-20(25)15-8-5-9-16(11-15)22-18(24)12-17-13-26-19(23-17)10-14-6-3-2-4-7-14/h2-9,11,13H,10,12H2,1H3,(H,21,25)(H,22,24). The van der Waals surface area contributed by atoms with Crippen LogP contribution in [0.15, 0.2) is 60.0 Å². The van der Waals surface area contributed by atoms with Gasteiger partial charge in [-0.3, -0.25) is 9.59 Å². The second-order valence-corrected chi connectivity index (χ2v) is 6.72. The summed E-state index contributed by atoms with van der Waals surface area (Å²) in [6.07, 6.45) is 0.969. The first-order valence-electron chi connectivity index (χ1n) is 8.23. The molecular formula is C20H19N3O2S. The molecule has 0 unspecified atom stereocenters. The quantitative estimate of drug-likeness (QED) is 0.704. The molecule has 0 spiro atoms. The van der Waals surface area contributed by atoms with Crippen molar-refractivity contribution in [2.75, 3.05) is 12.4 Å². The van der Waals surface area contributed by atoms with Gasteiger partial charge < -0.3 is 10.6 Å². The predicted molar refractivity (Wildman–Crippen MR) is 104 cm³/mol. The number of rotatable bonds is 6. The number of nitrogens with one attached hydrogen (secondary N) is 2. The Morgan fingerprint density at radius 3 is 2.65 bits per heavy atom. The number of carbonyl (C=O) groups is 2. The number of amides is 2. The van der Waals surface area contributed by atoms with Crippen LogP contribution >= 0.6 is 11.3 Å². The van der Waals surface area contributed by atoms with Crippen molar-refractivity contribution in [1.82, 2.24) is 10.3 Å². The number of aromatic nitrogens is 1. The van der Waals surface area contributed by atoms with Gasteiger partial charge in [-0.25, -0.2) is 4.98 Å². The van der Waals surface area contributed by atoms with Crippen molar-refractivity contribution in [1.29, 1.82) is 0 Å². The van der Waals surface area contributed by atoms with E-state index in [2.05, 4.69) is 27.8 Å². The fourth-order valence-electron chi connectivity index (χ4n) is 2.53. The molecule has 0 fully saturated rings. The normalized spacial score (nSPS) is 10.3. The fraction of sp³-hybridized carbons (Fsp3) is 0.150. The maximum absolute atomic E-state index is 12.3. The summed E-state index contributed by atoms with van der Waals surface area (Å²) in [6.45, 7) is 0. The zero-order valence-electron chi connectivity index (χ0n) is 14.4. The summed E-state index contributed by atoms with van der Waals surface area (Å²) in [5.41, 5.74) is 3.05. The van der Waals surface area contributed by atoms with E-state index in [0.29, 0.717) is 11.3 Å². The van der Waals surface area contributed by atoms with Crippen LogP contribution in [0.4, 0.5) is 5.69 Å². The summed E-state index contributed by atoms with van der Waals surface area (Å²) < 4.78 is 0. The van der Waals surface area contributed by atoms with Crippen molar-refractivity contribution in [3.8, 4) is 0 Å². The highest BCUT2D eigenvalue weighted by molar-refractivity contribution is 7.09. The largest absolute Gasteiger partial charge is 0.355 e. The third kappa shape index (κ3) is 4.77. The Morgan fingerprint density at radius 1 is 1.08 bits per heavy atom. The Morgan fingerprint density at radius 2 is 1.88 bits per heavy atom. The molecular weight excluding hydrogens is 346 g/mol. The van der Waals surface area contributed by atoms with Crippen molar-refractivity contribution in [3.05, 3.63) is 81.8 Å². The minimum atomic E-state index is -0.189. The van der Waals surface area contributed by atoms with Gasteiger partial charge in [0.25, 0.3) is 5.91 Å². The molecule has 0 bridgehead atoms. The summed E-state index contributed by atoms with van der Waals surface area (Å²) in [4.78, 5) is 28.5. The fourth-order valence-corrected chi connectivity index (χ4v) is 3.36. The van der Waals surface area contributed by atoms with Crippen LogP contribution in [0.5, 0.6) is 0 Å². The smallest absolute Gasteiger partial charge is 0.251 e. The molecule has 132 valence electrons. The minimum Gasteiger partial charge on any atom is -0.355 e. The lowest BCUT2D eigenvalue weighted by molar-refractivity contribution is -0.115. The van der Waals surface area contributed by atoms with E-state index in [1.807, 2.05) is 23.6 Å². The summed E-state index contributed by atoms with van der Waals surface area (Å²) in [6, 6.07) is 17.0. The molecule has 1 aromatic heterocycles. The molecule has 2 amide bonds.